The van der Waals surface area contributed by atoms with Crippen LogP contribution >= 0.6 is 0 Å². The molecule has 21 heavy (non-hydrogen) atoms. The molecular weight excluding hydrogens is 288 g/mol. The van der Waals surface area contributed by atoms with Crippen LogP contribution in [0.15, 0.2) is 88.4 Å². The Bertz CT molecular complexity index is 703. The molecule has 1 aliphatic heterocycles. The van der Waals surface area contributed by atoms with Gasteiger partial charge in [0.05, 0.1) is 0 Å². The summed E-state index contributed by atoms with van der Waals surface area (Å²) in [4.78, 5) is 0. The van der Waals surface area contributed by atoms with E-state index >= 15 is 0 Å². The van der Waals surface area contributed by atoms with Crippen molar-refractivity contribution in [2.24, 2.45) is 5.92 Å². The molecule has 2 atom stereocenters. The average molecular weight is 306 g/mol. The van der Waals surface area contributed by atoms with Crippen LogP contribution in [-0.4, -0.2) is 0 Å². The van der Waals surface area contributed by atoms with Crippen LogP contribution in [0.1, 0.15) is 18.4 Å². The van der Waals surface area contributed by atoms with Gasteiger partial charge in [-0.3, -0.25) is 0 Å². The Balaban J connectivity index is 1.83. The third kappa shape index (κ3) is 1.93. The predicted molar refractivity (Wildman–Crippen MR) is 84.4 cm³/mol. The Hall–Kier alpha value is -1.37. The molecule has 1 heteroatoms. The van der Waals surface area contributed by atoms with Crippen molar-refractivity contribution in [1.82, 2.24) is 0 Å². The predicted octanol–water partition coefficient (Wildman–Crippen LogP) is 4.88. The van der Waals surface area contributed by atoms with Gasteiger partial charge in [0.25, 0.3) is 0 Å². The molecule has 0 N–H and O–H groups in total. The van der Waals surface area contributed by atoms with Crippen LogP contribution in [0.5, 0.6) is 0 Å². The number of hydrogen-bond acceptors (Lipinski definition) is 0. The SMILES string of the molecule is C=[C]1[Ti][C](C2=CC=CC2)(c2ccccc2)C1C1=CC=CC1. The van der Waals surface area contributed by atoms with Crippen molar-refractivity contribution in [3.05, 3.63) is 94.0 Å². The molecule has 1 aromatic carbocycles. The number of allylic oxidation sites excluding steroid dienone is 9. The summed E-state index contributed by atoms with van der Waals surface area (Å²) < 4.78 is 1.78. The van der Waals surface area contributed by atoms with E-state index in [1.165, 1.54) is 9.44 Å². The van der Waals surface area contributed by atoms with Gasteiger partial charge in [-0.15, -0.1) is 0 Å². The van der Waals surface area contributed by atoms with Crippen LogP contribution < -0.4 is 0 Å². The molecule has 102 valence electrons. The van der Waals surface area contributed by atoms with E-state index in [9.17, 15) is 0 Å². The molecule has 1 heterocycles. The Morgan fingerprint density at radius 3 is 2.38 bits per heavy atom. The molecule has 2 aliphatic carbocycles. The zero-order valence-electron chi connectivity index (χ0n) is 12.0. The quantitative estimate of drug-likeness (QED) is 0.698. The van der Waals surface area contributed by atoms with E-state index in [0.717, 1.165) is 12.8 Å². The van der Waals surface area contributed by atoms with Crippen LogP contribution in [0.2, 0.25) is 0 Å². The van der Waals surface area contributed by atoms with Crippen LogP contribution in [0, 0.1) is 5.92 Å². The van der Waals surface area contributed by atoms with Crippen LogP contribution in [0.4, 0.5) is 0 Å². The summed E-state index contributed by atoms with van der Waals surface area (Å²) in [5, 5.41) is 0. The van der Waals surface area contributed by atoms with Crippen molar-refractivity contribution in [1.29, 1.82) is 0 Å². The van der Waals surface area contributed by atoms with Crippen LogP contribution in [0.25, 0.3) is 0 Å². The van der Waals surface area contributed by atoms with Crippen LogP contribution in [0.3, 0.4) is 0 Å². The molecule has 0 radical (unpaired) electrons. The van der Waals surface area contributed by atoms with E-state index < -0.39 is 0 Å². The second-order valence-corrected chi connectivity index (χ2v) is 8.58. The van der Waals surface area contributed by atoms with Gasteiger partial charge >= 0.3 is 136 Å². The number of benzene rings is 1. The zero-order valence-corrected chi connectivity index (χ0v) is 13.6. The third-order valence-electron chi connectivity index (χ3n) is 4.82. The van der Waals surface area contributed by atoms with E-state index in [1.54, 1.807) is 11.1 Å². The van der Waals surface area contributed by atoms with Gasteiger partial charge in [-0.05, 0) is 0 Å². The van der Waals surface area contributed by atoms with Crippen molar-refractivity contribution in [3.63, 3.8) is 0 Å². The van der Waals surface area contributed by atoms with E-state index in [0.29, 0.717) is 5.92 Å². The normalized spacial score (nSPS) is 29.9. The second-order valence-electron chi connectivity index (χ2n) is 5.96. The van der Waals surface area contributed by atoms with E-state index in [-0.39, 0.29) is 22.9 Å². The van der Waals surface area contributed by atoms with E-state index in [2.05, 4.69) is 73.4 Å². The van der Waals surface area contributed by atoms with Crippen molar-refractivity contribution in [2.75, 3.05) is 0 Å². The summed E-state index contributed by atoms with van der Waals surface area (Å²) in [6.45, 7) is 4.42. The first-order valence-electron chi connectivity index (χ1n) is 7.56. The molecule has 1 aromatic rings. The first kappa shape index (κ1) is 13.3. The van der Waals surface area contributed by atoms with Gasteiger partial charge in [0.2, 0.25) is 0 Å². The number of hydrogen-bond donors (Lipinski definition) is 0. The number of rotatable bonds is 3. The molecule has 0 amide bonds. The van der Waals surface area contributed by atoms with Gasteiger partial charge in [-0.1, -0.05) is 0 Å². The molecule has 1 fully saturated rings. The van der Waals surface area contributed by atoms with Gasteiger partial charge in [0, 0.05) is 0 Å². The Labute approximate surface area is 135 Å². The second kappa shape index (κ2) is 5.12. The van der Waals surface area contributed by atoms with E-state index in [1.807, 2.05) is 0 Å². The molecule has 0 spiro atoms. The topological polar surface area (TPSA) is 0 Å². The van der Waals surface area contributed by atoms with Crippen molar-refractivity contribution in [2.45, 2.75) is 16.6 Å². The molecule has 0 bridgehead atoms. The van der Waals surface area contributed by atoms with Gasteiger partial charge < -0.3 is 0 Å². The molecule has 0 saturated carbocycles. The fourth-order valence-electron chi connectivity index (χ4n) is 3.89. The molecule has 4 rings (SSSR count). The van der Waals surface area contributed by atoms with Crippen molar-refractivity contribution in [3.8, 4) is 0 Å². The van der Waals surface area contributed by atoms with Crippen molar-refractivity contribution < 1.29 is 19.2 Å². The van der Waals surface area contributed by atoms with Gasteiger partial charge in [0.15, 0.2) is 0 Å². The Morgan fingerprint density at radius 1 is 1.00 bits per heavy atom. The third-order valence-corrected chi connectivity index (χ3v) is 7.79. The summed E-state index contributed by atoms with van der Waals surface area (Å²) in [6, 6.07) is 11.1. The van der Waals surface area contributed by atoms with Crippen molar-refractivity contribution >= 4 is 0 Å². The fraction of sp³-hybridized carbons (Fsp3) is 0.200. The summed E-state index contributed by atoms with van der Waals surface area (Å²) in [7, 11) is 0. The fourth-order valence-corrected chi connectivity index (χ4v) is 6.99. The summed E-state index contributed by atoms with van der Waals surface area (Å²) >= 11 is -0.200. The standard InChI is InChI=1S/C20H18.Ti/c1-2-19(16-10-6-7-11-16)20(18-14-8-9-15-18)17-12-4-3-5-13-17;/h3-10,12-14,19H,1,11,15H2;. The van der Waals surface area contributed by atoms with E-state index in [4.69, 9.17) is 0 Å². The molecule has 2 unspecified atom stereocenters. The Kier molecular flexibility index (Phi) is 3.25. The first-order chi connectivity index (χ1) is 10.3. The molecule has 0 aromatic heterocycles. The Morgan fingerprint density at radius 2 is 1.76 bits per heavy atom. The first-order valence-corrected chi connectivity index (χ1v) is 9.13. The maximum absolute atomic E-state index is 4.42. The summed E-state index contributed by atoms with van der Waals surface area (Å²) in [5.74, 6) is 0.529. The molecular formula is C20H18Ti. The minimum atomic E-state index is -0.200. The average Bonchev–Trinajstić information content (AvgIpc) is 3.18. The zero-order chi connectivity index (χ0) is 14.3. The van der Waals surface area contributed by atoms with Gasteiger partial charge in [-0.2, -0.15) is 0 Å². The maximum atomic E-state index is 4.42. The molecule has 0 nitrogen and oxygen atoms in total. The minimum absolute atomic E-state index is 0.200. The monoisotopic (exact) mass is 306 g/mol. The van der Waals surface area contributed by atoms with Gasteiger partial charge in [-0.25, -0.2) is 0 Å². The van der Waals surface area contributed by atoms with Gasteiger partial charge in [0.1, 0.15) is 0 Å². The molecule has 1 saturated heterocycles. The van der Waals surface area contributed by atoms with Crippen LogP contribution in [-0.2, 0) is 22.9 Å². The molecule has 3 aliphatic rings. The summed E-state index contributed by atoms with van der Waals surface area (Å²) in [6.07, 6.45) is 15.9. The summed E-state index contributed by atoms with van der Waals surface area (Å²) in [5.41, 5.74) is 4.68.